The molecule has 0 aliphatic carbocycles. The Morgan fingerprint density at radius 3 is 2.58 bits per heavy atom. The fraction of sp³-hybridized carbons (Fsp3) is 0. The van der Waals surface area contributed by atoms with E-state index in [9.17, 15) is 4.39 Å². The molecular weight excluding hydrogens is 405 g/mol. The first-order valence-corrected chi connectivity index (χ1v) is 6.90. The van der Waals surface area contributed by atoms with E-state index in [0.717, 1.165) is 0 Å². The highest BCUT2D eigenvalue weighted by Gasteiger charge is 2.11. The summed E-state index contributed by atoms with van der Waals surface area (Å²) >= 11 is 13.8. The largest absolute Gasteiger partial charge is 0.338 e. The highest BCUT2D eigenvalue weighted by Crippen LogP contribution is 2.32. The summed E-state index contributed by atoms with van der Waals surface area (Å²) in [5, 5.41) is 3.55. The van der Waals surface area contributed by atoms with Crippen LogP contribution in [-0.4, -0.2) is 4.98 Å². The van der Waals surface area contributed by atoms with E-state index >= 15 is 0 Å². The number of nitrogens with zero attached hydrogens (tertiary/aromatic N) is 1. The van der Waals surface area contributed by atoms with Gasteiger partial charge in [-0.25, -0.2) is 15.2 Å². The third kappa shape index (κ3) is 3.19. The molecule has 0 radical (unpaired) electrons. The van der Waals surface area contributed by atoms with Crippen molar-refractivity contribution in [1.82, 2.24) is 4.98 Å². The van der Waals surface area contributed by atoms with Gasteiger partial charge >= 0.3 is 0 Å². The second-order valence-electron chi connectivity index (χ2n) is 3.52. The third-order valence-electron chi connectivity index (χ3n) is 2.27. The Balaban J connectivity index is 2.41. The van der Waals surface area contributed by atoms with E-state index in [0.29, 0.717) is 25.1 Å². The minimum Gasteiger partial charge on any atom is -0.338 e. The van der Waals surface area contributed by atoms with E-state index in [4.69, 9.17) is 29.0 Å². The monoisotopic (exact) mass is 412 g/mol. The molecule has 1 heterocycles. The van der Waals surface area contributed by atoms with Gasteiger partial charge in [-0.15, -0.1) is 0 Å². The van der Waals surface area contributed by atoms with Crippen LogP contribution < -0.4 is 16.6 Å². The van der Waals surface area contributed by atoms with Crippen molar-refractivity contribution in [2.45, 2.75) is 0 Å². The van der Waals surface area contributed by atoms with Crippen LogP contribution in [0.15, 0.2) is 24.3 Å². The fourth-order valence-electron chi connectivity index (χ4n) is 1.38. The van der Waals surface area contributed by atoms with E-state index in [1.807, 2.05) is 22.6 Å². The van der Waals surface area contributed by atoms with Crippen molar-refractivity contribution in [3.05, 3.63) is 43.7 Å². The zero-order valence-electron chi connectivity index (χ0n) is 9.35. The number of hydrogen-bond acceptors (Lipinski definition) is 4. The van der Waals surface area contributed by atoms with Crippen molar-refractivity contribution >= 4 is 63.1 Å². The number of benzene rings is 1. The number of aromatic nitrogens is 1. The second-order valence-corrected chi connectivity index (χ2v) is 5.41. The van der Waals surface area contributed by atoms with E-state index in [1.165, 1.54) is 12.1 Å². The average Bonchev–Trinajstić information content (AvgIpc) is 2.38. The Bertz CT molecular complexity index is 624. The summed E-state index contributed by atoms with van der Waals surface area (Å²) in [5.74, 6) is 5.58. The molecule has 0 aliphatic rings. The highest BCUT2D eigenvalue weighted by atomic mass is 127. The van der Waals surface area contributed by atoms with Crippen LogP contribution in [0.2, 0.25) is 10.0 Å². The lowest BCUT2D eigenvalue weighted by atomic mass is 10.3. The van der Waals surface area contributed by atoms with Crippen molar-refractivity contribution in [2.24, 2.45) is 5.84 Å². The molecule has 0 atom stereocenters. The quantitative estimate of drug-likeness (QED) is 0.402. The number of hydrogen-bond donors (Lipinski definition) is 3. The number of pyridine rings is 1. The summed E-state index contributed by atoms with van der Waals surface area (Å²) in [7, 11) is 0. The van der Waals surface area contributed by atoms with Crippen molar-refractivity contribution in [1.29, 1.82) is 0 Å². The normalized spacial score (nSPS) is 10.4. The number of nitrogens with one attached hydrogen (secondary N) is 2. The Morgan fingerprint density at radius 2 is 1.89 bits per heavy atom. The fourth-order valence-corrected chi connectivity index (χ4v) is 2.34. The molecule has 0 spiro atoms. The number of nitrogens with two attached hydrogens (primary N) is 1. The van der Waals surface area contributed by atoms with E-state index in [2.05, 4.69) is 15.7 Å². The lowest BCUT2D eigenvalue weighted by Crippen LogP contribution is -2.10. The number of nitrogen functional groups attached to an aromatic ring is 1. The van der Waals surface area contributed by atoms with Crippen LogP contribution in [0, 0.1) is 9.39 Å². The van der Waals surface area contributed by atoms with Crippen molar-refractivity contribution in [3.8, 4) is 0 Å². The maximum atomic E-state index is 13.4. The third-order valence-corrected chi connectivity index (χ3v) is 3.94. The van der Waals surface area contributed by atoms with Gasteiger partial charge in [0.25, 0.3) is 0 Å². The smallest absolute Gasteiger partial charge is 0.161 e. The van der Waals surface area contributed by atoms with Crippen molar-refractivity contribution < 1.29 is 4.39 Å². The van der Waals surface area contributed by atoms with E-state index < -0.39 is 0 Å². The average molecular weight is 413 g/mol. The first-order valence-electron chi connectivity index (χ1n) is 5.06. The van der Waals surface area contributed by atoms with Crippen LogP contribution in [0.4, 0.5) is 21.7 Å². The van der Waals surface area contributed by atoms with Crippen LogP contribution in [0.25, 0.3) is 0 Å². The molecule has 0 fully saturated rings. The zero-order valence-corrected chi connectivity index (χ0v) is 13.0. The Hall–Kier alpha value is -0.830. The van der Waals surface area contributed by atoms with Crippen molar-refractivity contribution in [3.63, 3.8) is 0 Å². The Kier molecular flexibility index (Phi) is 4.67. The molecule has 2 aromatic rings. The molecule has 19 heavy (non-hydrogen) atoms. The lowest BCUT2D eigenvalue weighted by molar-refractivity contribution is 0.621. The summed E-state index contributed by atoms with van der Waals surface area (Å²) in [6, 6.07) is 6.18. The van der Waals surface area contributed by atoms with Gasteiger partial charge in [-0.2, -0.15) is 0 Å². The number of anilines is 3. The topological polar surface area (TPSA) is 63.0 Å². The number of hydrazine groups is 1. The van der Waals surface area contributed by atoms with Crippen LogP contribution >= 0.6 is 45.8 Å². The molecule has 0 unspecified atom stereocenters. The van der Waals surface area contributed by atoms with Gasteiger partial charge < -0.3 is 10.7 Å². The van der Waals surface area contributed by atoms with Crippen LogP contribution in [-0.2, 0) is 0 Å². The standard InChI is InChI=1S/C11H8Cl2FIN4/c12-5-4-6(13)11(19-16)18-10(5)17-8-3-1-2-7(14)9(8)15/h1-4H,16H2,(H2,17,18,19). The zero-order chi connectivity index (χ0) is 14.0. The van der Waals surface area contributed by atoms with Crippen molar-refractivity contribution in [2.75, 3.05) is 10.7 Å². The van der Waals surface area contributed by atoms with Gasteiger partial charge in [0.15, 0.2) is 11.6 Å². The van der Waals surface area contributed by atoms with Crippen LogP contribution in [0.1, 0.15) is 0 Å². The molecule has 0 aliphatic heterocycles. The van der Waals surface area contributed by atoms with Gasteiger partial charge in [-0.1, -0.05) is 29.3 Å². The highest BCUT2D eigenvalue weighted by molar-refractivity contribution is 14.1. The number of rotatable bonds is 3. The summed E-state index contributed by atoms with van der Waals surface area (Å²) in [4.78, 5) is 4.12. The summed E-state index contributed by atoms with van der Waals surface area (Å²) in [6.45, 7) is 0. The van der Waals surface area contributed by atoms with E-state index in [1.54, 1.807) is 12.1 Å². The molecule has 8 heteroatoms. The molecule has 1 aromatic heterocycles. The first kappa shape index (κ1) is 14.6. The summed E-state index contributed by atoms with van der Waals surface area (Å²) in [6.07, 6.45) is 0. The minimum atomic E-state index is -0.326. The molecule has 0 saturated heterocycles. The molecule has 100 valence electrons. The minimum absolute atomic E-state index is 0.278. The molecule has 4 N–H and O–H groups in total. The maximum absolute atomic E-state index is 13.4. The van der Waals surface area contributed by atoms with Gasteiger partial charge in [-0.05, 0) is 40.8 Å². The van der Waals surface area contributed by atoms with Gasteiger partial charge in [0, 0.05) is 0 Å². The van der Waals surface area contributed by atoms with Crippen LogP contribution in [0.3, 0.4) is 0 Å². The molecule has 4 nitrogen and oxygen atoms in total. The SMILES string of the molecule is NNc1nc(Nc2cccc(F)c2I)c(Cl)cc1Cl. The molecule has 2 rings (SSSR count). The molecule has 0 bridgehead atoms. The van der Waals surface area contributed by atoms with Gasteiger partial charge in [0.2, 0.25) is 0 Å². The predicted molar refractivity (Wildman–Crippen MR) is 84.5 cm³/mol. The summed E-state index contributed by atoms with van der Waals surface area (Å²) < 4.78 is 13.9. The maximum Gasteiger partial charge on any atom is 0.161 e. The van der Waals surface area contributed by atoms with E-state index in [-0.39, 0.29) is 11.6 Å². The van der Waals surface area contributed by atoms with Crippen LogP contribution in [0.5, 0.6) is 0 Å². The predicted octanol–water partition coefficient (Wildman–Crippen LogP) is 4.16. The molecule has 0 saturated carbocycles. The molecule has 0 amide bonds. The van der Waals surface area contributed by atoms with Gasteiger partial charge in [0.05, 0.1) is 19.3 Å². The lowest BCUT2D eigenvalue weighted by Gasteiger charge is -2.12. The summed E-state index contributed by atoms with van der Waals surface area (Å²) in [5.41, 5.74) is 2.91. The Labute approximate surface area is 132 Å². The van der Waals surface area contributed by atoms with Gasteiger partial charge in [-0.3, -0.25) is 0 Å². The first-order chi connectivity index (χ1) is 9.02. The molecule has 1 aromatic carbocycles. The molecular formula is C11H8Cl2FIN4. The second kappa shape index (κ2) is 6.08. The van der Waals surface area contributed by atoms with Gasteiger partial charge in [0.1, 0.15) is 5.82 Å². The number of halogens is 4. The Morgan fingerprint density at radius 1 is 1.21 bits per heavy atom.